The highest BCUT2D eigenvalue weighted by molar-refractivity contribution is 6.28. The summed E-state index contributed by atoms with van der Waals surface area (Å²) in [5.74, 6) is -5.78. The average molecular weight is 385 g/mol. The van der Waals surface area contributed by atoms with E-state index in [2.05, 4.69) is 19.7 Å². The lowest BCUT2D eigenvalue weighted by Gasteiger charge is -2.25. The van der Waals surface area contributed by atoms with E-state index in [1.807, 2.05) is 0 Å². The third-order valence-electron chi connectivity index (χ3n) is 3.00. The fourth-order valence-corrected chi connectivity index (χ4v) is 2.13. The van der Waals surface area contributed by atoms with Crippen molar-refractivity contribution in [1.82, 2.24) is 15.0 Å². The van der Waals surface area contributed by atoms with Gasteiger partial charge in [-0.3, -0.25) is 14.5 Å². The molecule has 0 bridgehead atoms. The van der Waals surface area contributed by atoms with Crippen LogP contribution in [0, 0.1) is 11.8 Å². The summed E-state index contributed by atoms with van der Waals surface area (Å²) in [6, 6.07) is -0.411. The van der Waals surface area contributed by atoms with Gasteiger partial charge in [-0.15, -0.1) is 0 Å². The van der Waals surface area contributed by atoms with Crippen LogP contribution in [0.1, 0.15) is 20.3 Å². The normalized spacial score (nSPS) is 12.8. The second-order valence-corrected chi connectivity index (χ2v) is 5.81. The van der Waals surface area contributed by atoms with Gasteiger partial charge in [-0.1, -0.05) is 13.8 Å². The fourth-order valence-electron chi connectivity index (χ4n) is 1.99. The molecule has 0 aliphatic rings. The molecule has 1 aromatic rings. The van der Waals surface area contributed by atoms with Gasteiger partial charge in [-0.25, -0.2) is 0 Å². The lowest BCUT2D eigenvalue weighted by atomic mass is 9.96. The second kappa shape index (κ2) is 8.28. The van der Waals surface area contributed by atoms with E-state index in [1.165, 1.54) is 0 Å². The Kier molecular flexibility index (Phi) is 6.91. The lowest BCUT2D eigenvalue weighted by Crippen LogP contribution is -2.46. The predicted molar refractivity (Wildman–Crippen MR) is 80.4 cm³/mol. The Morgan fingerprint density at radius 1 is 1.28 bits per heavy atom. The predicted octanol–water partition coefficient (Wildman–Crippen LogP) is 2.18. The molecule has 1 heterocycles. The van der Waals surface area contributed by atoms with Crippen LogP contribution in [0.25, 0.3) is 0 Å². The van der Waals surface area contributed by atoms with Crippen molar-refractivity contribution in [3.05, 3.63) is 5.28 Å². The van der Waals surface area contributed by atoms with Gasteiger partial charge in [0, 0.05) is 6.54 Å². The zero-order valence-electron chi connectivity index (χ0n) is 13.5. The third kappa shape index (κ3) is 6.00. The molecule has 0 saturated carbocycles. The summed E-state index contributed by atoms with van der Waals surface area (Å²) in [5, 5.41) is 8.73. The molecule has 1 unspecified atom stereocenters. The van der Waals surface area contributed by atoms with Crippen molar-refractivity contribution in [3.8, 4) is 6.01 Å². The number of carboxylic acids is 1. The van der Waals surface area contributed by atoms with Crippen LogP contribution in [-0.4, -0.2) is 51.8 Å². The molecule has 0 fully saturated rings. The van der Waals surface area contributed by atoms with Gasteiger partial charge in [0.25, 0.3) is 0 Å². The standard InChI is InChI=1S/C13H16ClF3N4O4/c1-6(2)4-7(8(22)23)5-21(9(24)13(15,16)17)11-18-10(14)19-12(20-11)25-3/h6-7H,4-5H2,1-3H3,(H,22,23). The molecule has 0 saturated heterocycles. The van der Waals surface area contributed by atoms with Crippen molar-refractivity contribution in [2.75, 3.05) is 18.6 Å². The highest BCUT2D eigenvalue weighted by atomic mass is 35.5. The largest absolute Gasteiger partial charge is 0.481 e. The first-order valence-corrected chi connectivity index (χ1v) is 7.40. The van der Waals surface area contributed by atoms with Crippen molar-refractivity contribution < 1.29 is 32.6 Å². The number of aromatic nitrogens is 3. The molecule has 0 spiro atoms. The van der Waals surface area contributed by atoms with E-state index in [-0.39, 0.29) is 17.2 Å². The van der Waals surface area contributed by atoms with Crippen LogP contribution in [0.15, 0.2) is 0 Å². The summed E-state index contributed by atoms with van der Waals surface area (Å²) in [6.45, 7) is 2.62. The van der Waals surface area contributed by atoms with Crippen LogP contribution >= 0.6 is 11.6 Å². The number of alkyl halides is 3. The van der Waals surface area contributed by atoms with Crippen molar-refractivity contribution >= 4 is 29.4 Å². The Morgan fingerprint density at radius 2 is 1.88 bits per heavy atom. The topological polar surface area (TPSA) is 106 Å². The molecule has 140 valence electrons. The van der Waals surface area contributed by atoms with Gasteiger partial charge < -0.3 is 9.84 Å². The van der Waals surface area contributed by atoms with Crippen molar-refractivity contribution in [2.45, 2.75) is 26.4 Å². The maximum Gasteiger partial charge on any atom is 0.471 e. The quantitative estimate of drug-likeness (QED) is 0.767. The number of rotatable bonds is 7. The van der Waals surface area contributed by atoms with Crippen LogP contribution in [0.2, 0.25) is 5.28 Å². The van der Waals surface area contributed by atoms with Gasteiger partial charge in [0.05, 0.1) is 13.0 Å². The Morgan fingerprint density at radius 3 is 2.32 bits per heavy atom. The first-order valence-electron chi connectivity index (χ1n) is 7.02. The highest BCUT2D eigenvalue weighted by Gasteiger charge is 2.45. The van der Waals surface area contributed by atoms with E-state index in [9.17, 15) is 27.9 Å². The monoisotopic (exact) mass is 384 g/mol. The summed E-state index contributed by atoms with van der Waals surface area (Å²) >= 11 is 5.60. The summed E-state index contributed by atoms with van der Waals surface area (Å²) in [6.07, 6.45) is -5.21. The first kappa shape index (κ1) is 20.9. The Hall–Kier alpha value is -2.17. The van der Waals surface area contributed by atoms with E-state index >= 15 is 0 Å². The summed E-state index contributed by atoms with van der Waals surface area (Å²) in [7, 11) is 1.14. The molecule has 0 aromatic carbocycles. The van der Waals surface area contributed by atoms with Crippen LogP contribution in [-0.2, 0) is 9.59 Å². The maximum atomic E-state index is 12.9. The van der Waals surface area contributed by atoms with Gasteiger partial charge in [0.2, 0.25) is 11.2 Å². The second-order valence-electron chi connectivity index (χ2n) is 5.47. The molecule has 1 aromatic heterocycles. The van der Waals surface area contributed by atoms with Crippen LogP contribution in [0.4, 0.5) is 19.1 Å². The van der Waals surface area contributed by atoms with Gasteiger partial charge in [0.1, 0.15) is 0 Å². The number of carbonyl (C=O) groups excluding carboxylic acids is 1. The molecular formula is C13H16ClF3N4O4. The Labute approximate surface area is 146 Å². The molecule has 0 aliphatic carbocycles. The Balaban J connectivity index is 3.32. The molecule has 1 amide bonds. The number of nitrogens with zero attached hydrogens (tertiary/aromatic N) is 4. The fraction of sp³-hybridized carbons (Fsp3) is 0.615. The van der Waals surface area contributed by atoms with E-state index in [0.717, 1.165) is 7.11 Å². The van der Waals surface area contributed by atoms with Gasteiger partial charge in [0.15, 0.2) is 0 Å². The van der Waals surface area contributed by atoms with Crippen LogP contribution < -0.4 is 9.64 Å². The number of anilines is 1. The summed E-state index contributed by atoms with van der Waals surface area (Å²) < 4.78 is 43.4. The number of ether oxygens (including phenoxy) is 1. The molecular weight excluding hydrogens is 369 g/mol. The zero-order valence-corrected chi connectivity index (χ0v) is 14.3. The molecule has 1 N–H and O–H groups in total. The smallest absolute Gasteiger partial charge is 0.471 e. The number of halogens is 4. The van der Waals surface area contributed by atoms with Gasteiger partial charge in [-0.2, -0.15) is 28.1 Å². The number of hydrogen-bond acceptors (Lipinski definition) is 6. The van der Waals surface area contributed by atoms with Gasteiger partial charge >= 0.3 is 24.1 Å². The number of hydrogen-bond donors (Lipinski definition) is 1. The minimum Gasteiger partial charge on any atom is -0.481 e. The zero-order chi connectivity index (χ0) is 19.4. The highest BCUT2D eigenvalue weighted by Crippen LogP contribution is 2.25. The van der Waals surface area contributed by atoms with E-state index in [4.69, 9.17) is 11.6 Å². The average Bonchev–Trinajstić information content (AvgIpc) is 2.48. The molecule has 1 atom stereocenters. The molecule has 8 nitrogen and oxygen atoms in total. The Bertz CT molecular complexity index is 642. The third-order valence-corrected chi connectivity index (χ3v) is 3.16. The molecule has 0 aliphatic heterocycles. The first-order chi connectivity index (χ1) is 11.5. The van der Waals surface area contributed by atoms with E-state index in [1.54, 1.807) is 13.8 Å². The summed E-state index contributed by atoms with van der Waals surface area (Å²) in [5.41, 5.74) is 0. The van der Waals surface area contributed by atoms with Crippen LogP contribution in [0.3, 0.4) is 0 Å². The van der Waals surface area contributed by atoms with Gasteiger partial charge in [-0.05, 0) is 23.9 Å². The molecule has 1 rings (SSSR count). The van der Waals surface area contributed by atoms with Crippen molar-refractivity contribution in [3.63, 3.8) is 0 Å². The minimum atomic E-state index is -5.26. The number of carbonyl (C=O) groups is 2. The molecule has 0 radical (unpaired) electrons. The minimum absolute atomic E-state index is 0.0485. The summed E-state index contributed by atoms with van der Waals surface area (Å²) in [4.78, 5) is 33.8. The van der Waals surface area contributed by atoms with E-state index in [0.29, 0.717) is 0 Å². The van der Waals surface area contributed by atoms with Crippen LogP contribution in [0.5, 0.6) is 6.01 Å². The van der Waals surface area contributed by atoms with E-state index < -0.39 is 47.8 Å². The number of methoxy groups -OCH3 is 1. The number of carboxylic acid groups (broad SMARTS) is 1. The number of amides is 1. The molecule has 12 heteroatoms. The van der Waals surface area contributed by atoms with Crippen molar-refractivity contribution in [1.29, 1.82) is 0 Å². The number of aliphatic carboxylic acids is 1. The lowest BCUT2D eigenvalue weighted by molar-refractivity contribution is -0.170. The molecule has 25 heavy (non-hydrogen) atoms. The SMILES string of the molecule is COc1nc(Cl)nc(N(CC(CC(C)C)C(=O)O)C(=O)C(F)(F)F)n1. The maximum absolute atomic E-state index is 12.9. The van der Waals surface area contributed by atoms with Crippen molar-refractivity contribution in [2.24, 2.45) is 11.8 Å².